The van der Waals surface area contributed by atoms with Crippen LogP contribution in [0.2, 0.25) is 0 Å². The van der Waals surface area contributed by atoms with Crippen LogP contribution in [0.25, 0.3) is 10.2 Å². The molecule has 0 aliphatic carbocycles. The average molecular weight is 516 g/mol. The number of hydrogen-bond donors (Lipinski definition) is 2. The first kappa shape index (κ1) is 24.1. The Bertz CT molecular complexity index is 1620. The Labute approximate surface area is 214 Å². The van der Waals surface area contributed by atoms with Crippen molar-refractivity contribution in [2.24, 2.45) is 5.14 Å². The minimum Gasteiger partial charge on any atom is -0.324 e. The molecule has 182 valence electrons. The van der Waals surface area contributed by atoms with Gasteiger partial charge in [0.15, 0.2) is 0 Å². The van der Waals surface area contributed by atoms with E-state index in [0.717, 1.165) is 33.9 Å². The van der Waals surface area contributed by atoms with Crippen LogP contribution < -0.4 is 10.5 Å². The summed E-state index contributed by atoms with van der Waals surface area (Å²) in [5.41, 5.74) is 5.84. The number of aromatic nitrogens is 3. The van der Waals surface area contributed by atoms with Crippen LogP contribution in [0.1, 0.15) is 34.4 Å². The van der Waals surface area contributed by atoms with Crippen LogP contribution in [0.15, 0.2) is 83.8 Å². The fraction of sp³-hybridized carbons (Fsp3) is 0.148. The Morgan fingerprint density at radius 1 is 0.833 bits per heavy atom. The van der Waals surface area contributed by atoms with Crippen LogP contribution in [0, 0.1) is 0 Å². The number of sulfonamides is 1. The molecule has 0 saturated heterocycles. The number of hydrogen-bond acceptors (Lipinski definition) is 7. The summed E-state index contributed by atoms with van der Waals surface area (Å²) in [6, 6.07) is 24.8. The van der Waals surface area contributed by atoms with Crippen LogP contribution >= 0.6 is 11.3 Å². The third-order valence-corrected chi connectivity index (χ3v) is 7.68. The van der Waals surface area contributed by atoms with Gasteiger partial charge in [-0.1, -0.05) is 43.3 Å². The number of nitrogens with zero attached hydrogens (tertiary/aromatic N) is 3. The average Bonchev–Trinajstić information content (AvgIpc) is 3.25. The van der Waals surface area contributed by atoms with E-state index in [2.05, 4.69) is 42.6 Å². The van der Waals surface area contributed by atoms with Gasteiger partial charge in [-0.25, -0.2) is 28.5 Å². The predicted octanol–water partition coefficient (Wildman–Crippen LogP) is 5.22. The summed E-state index contributed by atoms with van der Waals surface area (Å²) in [7, 11) is -3.76. The van der Waals surface area contributed by atoms with E-state index in [1.165, 1.54) is 22.4 Å². The summed E-state index contributed by atoms with van der Waals surface area (Å²) in [5, 5.41) is 9.41. The normalized spacial score (nSPS) is 11.6. The summed E-state index contributed by atoms with van der Waals surface area (Å²) in [4.78, 5) is 14.3. The number of nitrogens with two attached hydrogens (primary N) is 1. The number of aryl methyl sites for hydroxylation is 1. The predicted molar refractivity (Wildman–Crippen MR) is 144 cm³/mol. The van der Waals surface area contributed by atoms with Gasteiger partial charge in [-0.05, 0) is 60.0 Å². The van der Waals surface area contributed by atoms with Crippen molar-refractivity contribution in [1.82, 2.24) is 15.0 Å². The van der Waals surface area contributed by atoms with Gasteiger partial charge in [0.2, 0.25) is 16.0 Å². The van der Waals surface area contributed by atoms with E-state index >= 15 is 0 Å². The zero-order valence-electron chi connectivity index (χ0n) is 19.7. The molecule has 2 heterocycles. The fourth-order valence-corrected chi connectivity index (χ4v) is 5.48. The van der Waals surface area contributed by atoms with E-state index in [4.69, 9.17) is 20.1 Å². The van der Waals surface area contributed by atoms with Gasteiger partial charge in [0, 0.05) is 18.5 Å². The molecular formula is C27H25N5O2S2. The molecular weight excluding hydrogens is 490 g/mol. The fourth-order valence-electron chi connectivity index (χ4n) is 3.92. The molecule has 7 nitrogen and oxygen atoms in total. The highest BCUT2D eigenvalue weighted by atomic mass is 32.2. The highest BCUT2D eigenvalue weighted by molar-refractivity contribution is 7.89. The first-order chi connectivity index (χ1) is 17.4. The van der Waals surface area contributed by atoms with Crippen molar-refractivity contribution in [3.63, 3.8) is 0 Å². The van der Waals surface area contributed by atoms with Gasteiger partial charge in [-0.15, -0.1) is 11.3 Å². The zero-order chi connectivity index (χ0) is 25.1. The van der Waals surface area contributed by atoms with E-state index in [1.807, 2.05) is 24.3 Å². The molecule has 0 radical (unpaired) electrons. The summed E-state index contributed by atoms with van der Waals surface area (Å²) in [6.07, 6.45) is 2.24. The van der Waals surface area contributed by atoms with Crippen molar-refractivity contribution in [3.8, 4) is 0 Å². The standard InChI is InChI=1S/C27H25N5O2S2/c1-2-18-8-13-24-25(15-18)35-26(32-24)17-22-16-21(14-19-6-4-3-5-7-19)30-27(31-22)29-20-9-11-23(12-10-20)36(28,33)34/h3-13,15-16H,2,14,17H2,1H3,(H2,28,33,34)(H,29,30,31). The largest absolute Gasteiger partial charge is 0.324 e. The Morgan fingerprint density at radius 2 is 1.56 bits per heavy atom. The van der Waals surface area contributed by atoms with Crippen molar-refractivity contribution in [3.05, 3.63) is 106 Å². The smallest absolute Gasteiger partial charge is 0.238 e. The molecule has 3 N–H and O–H groups in total. The minimum absolute atomic E-state index is 0.0505. The lowest BCUT2D eigenvalue weighted by Crippen LogP contribution is -2.12. The Hall–Kier alpha value is -3.66. The van der Waals surface area contributed by atoms with Crippen molar-refractivity contribution in [1.29, 1.82) is 0 Å². The SMILES string of the molecule is CCc1ccc2nc(Cc3cc(Cc4ccccc4)nc(Nc4ccc(S(N)(=O)=O)cc4)n3)sc2c1. The van der Waals surface area contributed by atoms with Crippen LogP contribution in [-0.4, -0.2) is 23.4 Å². The molecule has 3 aromatic carbocycles. The summed E-state index contributed by atoms with van der Waals surface area (Å²) < 4.78 is 24.3. The van der Waals surface area contributed by atoms with Gasteiger partial charge in [0.1, 0.15) is 0 Å². The van der Waals surface area contributed by atoms with E-state index in [1.54, 1.807) is 23.5 Å². The molecule has 0 aliphatic heterocycles. The molecule has 9 heteroatoms. The zero-order valence-corrected chi connectivity index (χ0v) is 21.3. The second-order valence-electron chi connectivity index (χ2n) is 8.47. The third-order valence-electron chi connectivity index (χ3n) is 5.74. The second kappa shape index (κ2) is 10.1. The number of fused-ring (bicyclic) bond motifs is 1. The van der Waals surface area contributed by atoms with Crippen LogP contribution in [0.5, 0.6) is 0 Å². The molecule has 0 bridgehead atoms. The molecule has 0 saturated carbocycles. The van der Waals surface area contributed by atoms with E-state index < -0.39 is 10.0 Å². The third kappa shape index (κ3) is 5.76. The Kier molecular flexibility index (Phi) is 6.77. The number of rotatable bonds is 8. The van der Waals surface area contributed by atoms with Gasteiger partial charge < -0.3 is 5.32 Å². The number of thiazole rings is 1. The van der Waals surface area contributed by atoms with Crippen molar-refractivity contribution >= 4 is 43.2 Å². The lowest BCUT2D eigenvalue weighted by atomic mass is 10.1. The quantitative estimate of drug-likeness (QED) is 0.293. The monoisotopic (exact) mass is 515 g/mol. The molecule has 5 aromatic rings. The molecule has 2 aromatic heterocycles. The Morgan fingerprint density at radius 3 is 2.25 bits per heavy atom. The lowest BCUT2D eigenvalue weighted by molar-refractivity contribution is 0.598. The topological polar surface area (TPSA) is 111 Å². The van der Waals surface area contributed by atoms with Gasteiger partial charge in [-0.3, -0.25) is 0 Å². The van der Waals surface area contributed by atoms with Crippen LogP contribution in [0.3, 0.4) is 0 Å². The van der Waals surface area contributed by atoms with Crippen LogP contribution in [-0.2, 0) is 29.3 Å². The molecule has 0 unspecified atom stereocenters. The van der Waals surface area contributed by atoms with E-state index in [-0.39, 0.29) is 4.90 Å². The Balaban J connectivity index is 1.46. The van der Waals surface area contributed by atoms with Gasteiger partial charge in [0.25, 0.3) is 0 Å². The molecule has 5 rings (SSSR count). The van der Waals surface area contributed by atoms with Crippen molar-refractivity contribution in [2.45, 2.75) is 31.1 Å². The first-order valence-corrected chi connectivity index (χ1v) is 13.9. The molecule has 0 amide bonds. The van der Waals surface area contributed by atoms with Crippen molar-refractivity contribution in [2.75, 3.05) is 5.32 Å². The summed E-state index contributed by atoms with van der Waals surface area (Å²) in [5.74, 6) is 0.441. The van der Waals surface area contributed by atoms with Crippen LogP contribution in [0.4, 0.5) is 11.6 Å². The lowest BCUT2D eigenvalue weighted by Gasteiger charge is -2.10. The first-order valence-electron chi connectivity index (χ1n) is 11.5. The van der Waals surface area contributed by atoms with Gasteiger partial charge in [0.05, 0.1) is 31.5 Å². The maximum atomic E-state index is 11.6. The van der Waals surface area contributed by atoms with E-state index in [0.29, 0.717) is 24.5 Å². The molecule has 0 spiro atoms. The molecule has 0 atom stereocenters. The number of benzene rings is 3. The van der Waals surface area contributed by atoms with Gasteiger partial charge >= 0.3 is 0 Å². The number of nitrogens with one attached hydrogen (secondary N) is 1. The maximum Gasteiger partial charge on any atom is 0.238 e. The number of primary sulfonamides is 1. The second-order valence-corrected chi connectivity index (χ2v) is 11.1. The van der Waals surface area contributed by atoms with E-state index in [9.17, 15) is 8.42 Å². The minimum atomic E-state index is -3.76. The molecule has 0 aliphatic rings. The molecule has 0 fully saturated rings. The summed E-state index contributed by atoms with van der Waals surface area (Å²) in [6.45, 7) is 2.15. The highest BCUT2D eigenvalue weighted by Crippen LogP contribution is 2.26. The van der Waals surface area contributed by atoms with Gasteiger partial charge in [-0.2, -0.15) is 0 Å². The van der Waals surface area contributed by atoms with Crippen molar-refractivity contribution < 1.29 is 8.42 Å². The maximum absolute atomic E-state index is 11.6. The molecule has 36 heavy (non-hydrogen) atoms. The number of anilines is 2. The summed E-state index contributed by atoms with van der Waals surface area (Å²) >= 11 is 1.68. The highest BCUT2D eigenvalue weighted by Gasteiger charge is 2.12.